The minimum absolute atomic E-state index is 0.0944. The zero-order valence-corrected chi connectivity index (χ0v) is 11.6. The van der Waals surface area contributed by atoms with Crippen LogP contribution < -0.4 is 10.0 Å². The molecule has 0 radical (unpaired) electrons. The lowest BCUT2D eigenvalue weighted by atomic mass is 10.2. The van der Waals surface area contributed by atoms with Crippen LogP contribution in [0.25, 0.3) is 0 Å². The van der Waals surface area contributed by atoms with Crippen LogP contribution in [0.5, 0.6) is 0 Å². The lowest BCUT2D eigenvalue weighted by Crippen LogP contribution is -2.25. The van der Waals surface area contributed by atoms with E-state index in [9.17, 15) is 8.42 Å². The highest BCUT2D eigenvalue weighted by molar-refractivity contribution is 7.89. The monoisotopic (exact) mass is 272 g/mol. The van der Waals surface area contributed by atoms with E-state index in [1.807, 2.05) is 0 Å². The Labute approximate surface area is 108 Å². The lowest BCUT2D eigenvalue weighted by Gasteiger charge is -2.06. The van der Waals surface area contributed by atoms with Gasteiger partial charge in [-0.05, 0) is 6.42 Å². The molecule has 6 nitrogen and oxygen atoms in total. The molecule has 0 amide bonds. The van der Waals surface area contributed by atoms with Crippen LogP contribution in [-0.4, -0.2) is 32.0 Å². The first-order valence-electron chi connectivity index (χ1n) is 6.09. The van der Waals surface area contributed by atoms with Crippen molar-refractivity contribution in [1.82, 2.24) is 14.7 Å². The van der Waals surface area contributed by atoms with Crippen LogP contribution in [0.2, 0.25) is 0 Å². The van der Waals surface area contributed by atoms with Gasteiger partial charge in [-0.2, -0.15) is 0 Å². The molecule has 1 aromatic rings. The van der Waals surface area contributed by atoms with Crippen LogP contribution in [0.15, 0.2) is 17.3 Å². The fourth-order valence-corrected chi connectivity index (χ4v) is 2.39. The fraction of sp³-hybridized carbons (Fsp3) is 0.636. The highest BCUT2D eigenvalue weighted by atomic mass is 32.2. The number of hydrogen-bond donors (Lipinski definition) is 2. The van der Waals surface area contributed by atoms with E-state index in [2.05, 4.69) is 26.9 Å². The van der Waals surface area contributed by atoms with Gasteiger partial charge in [0.25, 0.3) is 0 Å². The molecule has 0 atom stereocenters. The summed E-state index contributed by atoms with van der Waals surface area (Å²) < 4.78 is 26.2. The van der Waals surface area contributed by atoms with Crippen LogP contribution in [0, 0.1) is 0 Å². The Morgan fingerprint density at radius 3 is 2.39 bits per heavy atom. The fourth-order valence-electron chi connectivity index (χ4n) is 1.43. The number of anilines is 1. The molecule has 1 aromatic heterocycles. The van der Waals surface area contributed by atoms with Crippen LogP contribution in [0.1, 0.15) is 32.6 Å². The summed E-state index contributed by atoms with van der Waals surface area (Å²) in [6.45, 7) is 2.57. The summed E-state index contributed by atoms with van der Waals surface area (Å²) >= 11 is 0. The van der Waals surface area contributed by atoms with Crippen LogP contribution >= 0.6 is 0 Å². The van der Waals surface area contributed by atoms with E-state index in [0.717, 1.165) is 25.7 Å². The summed E-state index contributed by atoms with van der Waals surface area (Å²) in [5, 5.41) is 2.73. The van der Waals surface area contributed by atoms with E-state index in [4.69, 9.17) is 0 Å². The largest absolute Gasteiger partial charge is 0.357 e. The van der Waals surface area contributed by atoms with Crippen molar-refractivity contribution in [3.63, 3.8) is 0 Å². The molecular formula is C11H20N4O2S. The number of rotatable bonds is 8. The average molecular weight is 272 g/mol. The predicted molar refractivity (Wildman–Crippen MR) is 70.9 cm³/mol. The van der Waals surface area contributed by atoms with E-state index in [-0.39, 0.29) is 4.90 Å². The minimum atomic E-state index is -3.48. The molecule has 0 aliphatic heterocycles. The van der Waals surface area contributed by atoms with Gasteiger partial charge in [0.2, 0.25) is 16.0 Å². The summed E-state index contributed by atoms with van der Waals surface area (Å²) in [7, 11) is -1.80. The molecule has 18 heavy (non-hydrogen) atoms. The van der Waals surface area contributed by atoms with Crippen molar-refractivity contribution in [1.29, 1.82) is 0 Å². The van der Waals surface area contributed by atoms with Crippen molar-refractivity contribution in [3.8, 4) is 0 Å². The van der Waals surface area contributed by atoms with E-state index < -0.39 is 10.0 Å². The quantitative estimate of drug-likeness (QED) is 0.698. The Balaban J connectivity index is 2.51. The minimum Gasteiger partial charge on any atom is -0.357 e. The third-order valence-electron chi connectivity index (χ3n) is 2.48. The van der Waals surface area contributed by atoms with Gasteiger partial charge >= 0.3 is 0 Å². The summed E-state index contributed by atoms with van der Waals surface area (Å²) in [5.41, 5.74) is 0. The van der Waals surface area contributed by atoms with Crippen molar-refractivity contribution >= 4 is 16.0 Å². The predicted octanol–water partition coefficient (Wildman–Crippen LogP) is 1.38. The second kappa shape index (κ2) is 7.27. The summed E-state index contributed by atoms with van der Waals surface area (Å²) in [4.78, 5) is 7.85. The summed E-state index contributed by atoms with van der Waals surface area (Å²) in [6, 6.07) is 0. The van der Waals surface area contributed by atoms with E-state index in [1.54, 1.807) is 7.05 Å². The smallest absolute Gasteiger partial charge is 0.243 e. The number of hydrogen-bond acceptors (Lipinski definition) is 5. The molecule has 0 aromatic carbocycles. The van der Waals surface area contributed by atoms with Gasteiger partial charge in [-0.25, -0.2) is 23.1 Å². The first-order chi connectivity index (χ1) is 8.60. The zero-order chi connectivity index (χ0) is 13.4. The van der Waals surface area contributed by atoms with E-state index in [0.29, 0.717) is 12.5 Å². The molecule has 0 fully saturated rings. The van der Waals surface area contributed by atoms with Crippen LogP contribution in [-0.2, 0) is 10.0 Å². The van der Waals surface area contributed by atoms with Gasteiger partial charge in [0.1, 0.15) is 4.90 Å². The lowest BCUT2D eigenvalue weighted by molar-refractivity contribution is 0.573. The normalized spacial score (nSPS) is 11.4. The highest BCUT2D eigenvalue weighted by Crippen LogP contribution is 2.07. The molecular weight excluding hydrogens is 252 g/mol. The van der Waals surface area contributed by atoms with Gasteiger partial charge in [0.05, 0.1) is 12.4 Å². The average Bonchev–Trinajstić information content (AvgIpc) is 2.38. The van der Waals surface area contributed by atoms with Gasteiger partial charge in [-0.3, -0.25) is 0 Å². The van der Waals surface area contributed by atoms with E-state index >= 15 is 0 Å². The Kier molecular flexibility index (Phi) is 6.00. The number of sulfonamides is 1. The first kappa shape index (κ1) is 14.8. The summed E-state index contributed by atoms with van der Waals surface area (Å²) in [6.07, 6.45) is 6.74. The van der Waals surface area contributed by atoms with Crippen molar-refractivity contribution in [2.45, 2.75) is 37.5 Å². The Hall–Kier alpha value is -1.21. The van der Waals surface area contributed by atoms with Gasteiger partial charge < -0.3 is 5.32 Å². The number of nitrogens with one attached hydrogen (secondary N) is 2. The number of unbranched alkanes of at least 4 members (excludes halogenated alkanes) is 3. The summed E-state index contributed by atoms with van der Waals surface area (Å²) in [5.74, 6) is 0.400. The SMILES string of the molecule is CCCCCCNS(=O)(=O)c1cnc(NC)nc1. The molecule has 102 valence electrons. The molecule has 2 N–H and O–H groups in total. The van der Waals surface area contributed by atoms with Gasteiger partial charge in [-0.15, -0.1) is 0 Å². The maximum absolute atomic E-state index is 11.9. The third-order valence-corrected chi connectivity index (χ3v) is 3.90. The van der Waals surface area contributed by atoms with Crippen LogP contribution in [0.3, 0.4) is 0 Å². The van der Waals surface area contributed by atoms with E-state index in [1.165, 1.54) is 12.4 Å². The number of aromatic nitrogens is 2. The molecule has 0 bridgehead atoms. The topological polar surface area (TPSA) is 84.0 Å². The standard InChI is InChI=1S/C11H20N4O2S/c1-3-4-5-6-7-15-18(16,17)10-8-13-11(12-2)14-9-10/h8-9,15H,3-7H2,1-2H3,(H,12,13,14). The van der Waals surface area contributed by atoms with Crippen molar-refractivity contribution in [2.24, 2.45) is 0 Å². The molecule has 0 unspecified atom stereocenters. The van der Waals surface area contributed by atoms with Crippen molar-refractivity contribution < 1.29 is 8.42 Å². The molecule has 7 heteroatoms. The molecule has 0 saturated carbocycles. The Morgan fingerprint density at radius 2 is 1.83 bits per heavy atom. The second-order valence-electron chi connectivity index (χ2n) is 3.95. The highest BCUT2D eigenvalue weighted by Gasteiger charge is 2.14. The second-order valence-corrected chi connectivity index (χ2v) is 5.72. The third kappa shape index (κ3) is 4.58. The zero-order valence-electron chi connectivity index (χ0n) is 10.8. The molecule has 1 rings (SSSR count). The molecule has 1 heterocycles. The van der Waals surface area contributed by atoms with Crippen molar-refractivity contribution in [2.75, 3.05) is 18.9 Å². The maximum atomic E-state index is 11.9. The molecule has 0 aliphatic rings. The van der Waals surface area contributed by atoms with Gasteiger partial charge in [0.15, 0.2) is 0 Å². The molecule has 0 saturated heterocycles. The van der Waals surface area contributed by atoms with Gasteiger partial charge in [0, 0.05) is 13.6 Å². The van der Waals surface area contributed by atoms with Crippen LogP contribution in [0.4, 0.5) is 5.95 Å². The molecule has 0 spiro atoms. The number of nitrogens with zero attached hydrogens (tertiary/aromatic N) is 2. The first-order valence-corrected chi connectivity index (χ1v) is 7.58. The Morgan fingerprint density at radius 1 is 1.17 bits per heavy atom. The maximum Gasteiger partial charge on any atom is 0.243 e. The Bertz CT molecular complexity index is 445. The van der Waals surface area contributed by atoms with Crippen molar-refractivity contribution in [3.05, 3.63) is 12.4 Å². The van der Waals surface area contributed by atoms with Gasteiger partial charge in [-0.1, -0.05) is 26.2 Å². The molecule has 0 aliphatic carbocycles.